The minimum absolute atomic E-state index is 0.0200. The average molecular weight is 515 g/mol. The van der Waals surface area contributed by atoms with E-state index in [1.165, 1.54) is 18.3 Å². The van der Waals surface area contributed by atoms with E-state index in [0.29, 0.717) is 26.4 Å². The number of carbonyl (C=O) groups excluding carboxylic acids is 1. The van der Waals surface area contributed by atoms with Crippen LogP contribution >= 0.6 is 27.5 Å². The Labute approximate surface area is 195 Å². The third kappa shape index (κ3) is 5.66. The lowest BCUT2D eigenvalue weighted by Gasteiger charge is -2.12. The molecule has 0 spiro atoms. The number of pyridine rings is 1. The van der Waals surface area contributed by atoms with E-state index in [2.05, 4.69) is 37.5 Å². The number of aromatic nitrogens is 1. The first-order valence-corrected chi connectivity index (χ1v) is 10.1. The quantitative estimate of drug-likeness (QED) is 0.278. The molecule has 0 saturated carbocycles. The van der Waals surface area contributed by atoms with E-state index >= 15 is 0 Å². The molecule has 0 radical (unpaired) electrons. The molecule has 0 saturated heterocycles. The van der Waals surface area contributed by atoms with Gasteiger partial charge in [0, 0.05) is 11.6 Å². The van der Waals surface area contributed by atoms with Gasteiger partial charge in [-0.3, -0.25) is 14.9 Å². The van der Waals surface area contributed by atoms with Crippen LogP contribution in [-0.4, -0.2) is 22.0 Å². The Hall–Kier alpha value is -3.81. The first-order chi connectivity index (χ1) is 15.4. The number of benzene rings is 2. The van der Waals surface area contributed by atoms with Crippen molar-refractivity contribution in [3.63, 3.8) is 0 Å². The molecule has 0 unspecified atom stereocenters. The van der Waals surface area contributed by atoms with Crippen LogP contribution in [0.3, 0.4) is 0 Å². The van der Waals surface area contributed by atoms with E-state index in [1.807, 2.05) is 6.07 Å². The summed E-state index contributed by atoms with van der Waals surface area (Å²) in [6.45, 7) is 0.161. The number of nitrogens with zero attached hydrogens (tertiary/aromatic N) is 4. The van der Waals surface area contributed by atoms with Crippen molar-refractivity contribution in [1.82, 2.24) is 10.4 Å². The Morgan fingerprint density at radius 2 is 2.12 bits per heavy atom. The summed E-state index contributed by atoms with van der Waals surface area (Å²) in [4.78, 5) is 25.8. The maximum Gasteiger partial charge on any atom is 0.289 e. The van der Waals surface area contributed by atoms with Crippen LogP contribution in [0, 0.1) is 21.4 Å². The van der Waals surface area contributed by atoms with Crippen LogP contribution in [0.4, 0.5) is 5.69 Å². The number of hydrogen-bond donors (Lipinski definition) is 1. The lowest BCUT2D eigenvalue weighted by atomic mass is 10.1. The fourth-order valence-electron chi connectivity index (χ4n) is 2.55. The molecule has 1 aromatic heterocycles. The van der Waals surface area contributed by atoms with Crippen molar-refractivity contribution in [2.24, 2.45) is 5.10 Å². The van der Waals surface area contributed by atoms with Gasteiger partial charge in [0.25, 0.3) is 11.6 Å². The number of ether oxygens (including phenoxy) is 1. The summed E-state index contributed by atoms with van der Waals surface area (Å²) in [5, 5.41) is 24.0. The van der Waals surface area contributed by atoms with Gasteiger partial charge in [-0.2, -0.15) is 10.4 Å². The Morgan fingerprint density at radius 3 is 2.78 bits per heavy atom. The van der Waals surface area contributed by atoms with Gasteiger partial charge in [0.15, 0.2) is 5.75 Å². The van der Waals surface area contributed by atoms with Crippen LogP contribution in [0.2, 0.25) is 5.02 Å². The van der Waals surface area contributed by atoms with Crippen molar-refractivity contribution in [2.45, 2.75) is 6.61 Å². The normalized spacial score (nSPS) is 10.5. The number of rotatable bonds is 7. The standard InChI is InChI=1S/C21H13BrClN5O4/c22-17-7-13(10-26-27-21(29)19-6-5-16(11-25-19)28(30)31)8-18(23)20(17)32-12-15-4-2-1-3-14(15)9-24/h1-8,10-11H,12H2,(H,27,29)/b26-10+. The Balaban J connectivity index is 1.65. The van der Waals surface area contributed by atoms with Crippen molar-refractivity contribution >= 4 is 45.3 Å². The van der Waals surface area contributed by atoms with Gasteiger partial charge in [0.1, 0.15) is 18.5 Å². The Bertz CT molecular complexity index is 1220. The second-order valence-corrected chi connectivity index (χ2v) is 7.49. The van der Waals surface area contributed by atoms with Crippen LogP contribution in [-0.2, 0) is 6.61 Å². The highest BCUT2D eigenvalue weighted by molar-refractivity contribution is 9.10. The molecule has 0 atom stereocenters. The summed E-state index contributed by atoms with van der Waals surface area (Å²) in [6.07, 6.45) is 2.36. The third-order valence-electron chi connectivity index (χ3n) is 4.10. The number of hydrazone groups is 1. The van der Waals surface area contributed by atoms with Crippen LogP contribution in [0.25, 0.3) is 0 Å². The fourth-order valence-corrected chi connectivity index (χ4v) is 3.54. The maximum absolute atomic E-state index is 12.0. The van der Waals surface area contributed by atoms with E-state index in [4.69, 9.17) is 16.3 Å². The summed E-state index contributed by atoms with van der Waals surface area (Å²) in [6, 6.07) is 14.9. The maximum atomic E-state index is 12.0. The summed E-state index contributed by atoms with van der Waals surface area (Å²) < 4.78 is 6.34. The molecule has 2 aromatic carbocycles. The summed E-state index contributed by atoms with van der Waals surface area (Å²) >= 11 is 9.71. The number of halogens is 2. The molecule has 32 heavy (non-hydrogen) atoms. The lowest BCUT2D eigenvalue weighted by Crippen LogP contribution is -2.18. The monoisotopic (exact) mass is 513 g/mol. The third-order valence-corrected chi connectivity index (χ3v) is 4.97. The van der Waals surface area contributed by atoms with Gasteiger partial charge in [-0.05, 0) is 45.8 Å². The molecule has 0 bridgehead atoms. The number of nitro groups is 1. The van der Waals surface area contributed by atoms with Crippen LogP contribution in [0.5, 0.6) is 5.75 Å². The van der Waals surface area contributed by atoms with E-state index in [1.54, 1.807) is 30.3 Å². The highest BCUT2D eigenvalue weighted by Gasteiger charge is 2.12. The molecule has 0 fully saturated rings. The van der Waals surface area contributed by atoms with Gasteiger partial charge in [0.2, 0.25) is 0 Å². The van der Waals surface area contributed by atoms with Gasteiger partial charge in [-0.1, -0.05) is 29.8 Å². The minimum Gasteiger partial charge on any atom is -0.486 e. The fraction of sp³-hybridized carbons (Fsp3) is 0.0476. The molecule has 1 heterocycles. The zero-order valence-electron chi connectivity index (χ0n) is 16.2. The number of carbonyl (C=O) groups is 1. The molecule has 0 aliphatic heterocycles. The van der Waals surface area contributed by atoms with Crippen molar-refractivity contribution in [3.05, 3.63) is 96.7 Å². The van der Waals surface area contributed by atoms with Crippen LogP contribution in [0.15, 0.2) is 64.3 Å². The molecule has 3 rings (SSSR count). The molecular formula is C21H13BrClN5O4. The zero-order chi connectivity index (χ0) is 23.1. The molecule has 1 N–H and O–H groups in total. The van der Waals surface area contributed by atoms with Gasteiger partial charge in [0.05, 0.1) is 32.3 Å². The van der Waals surface area contributed by atoms with Crippen molar-refractivity contribution < 1.29 is 14.5 Å². The smallest absolute Gasteiger partial charge is 0.289 e. The number of nitriles is 1. The first kappa shape index (κ1) is 22.9. The molecule has 160 valence electrons. The van der Waals surface area contributed by atoms with Crippen LogP contribution < -0.4 is 10.2 Å². The molecule has 0 aliphatic rings. The van der Waals surface area contributed by atoms with E-state index in [0.717, 1.165) is 11.8 Å². The molecule has 11 heteroatoms. The number of hydrogen-bond acceptors (Lipinski definition) is 7. The molecule has 1 amide bonds. The highest BCUT2D eigenvalue weighted by atomic mass is 79.9. The lowest BCUT2D eigenvalue weighted by molar-refractivity contribution is -0.385. The highest BCUT2D eigenvalue weighted by Crippen LogP contribution is 2.34. The SMILES string of the molecule is N#Cc1ccccc1COc1c(Cl)cc(/C=N/NC(=O)c2ccc([N+](=O)[O-])cn2)cc1Br. The number of amides is 1. The van der Waals surface area contributed by atoms with E-state index < -0.39 is 10.8 Å². The molecular weight excluding hydrogens is 502 g/mol. The molecule has 9 nitrogen and oxygen atoms in total. The second kappa shape index (κ2) is 10.5. The molecule has 0 aliphatic carbocycles. The largest absolute Gasteiger partial charge is 0.486 e. The predicted molar refractivity (Wildman–Crippen MR) is 121 cm³/mol. The average Bonchev–Trinajstić information content (AvgIpc) is 2.78. The van der Waals surface area contributed by atoms with Crippen molar-refractivity contribution in [2.75, 3.05) is 0 Å². The van der Waals surface area contributed by atoms with Gasteiger partial charge in [-0.15, -0.1) is 0 Å². The van der Waals surface area contributed by atoms with Crippen LogP contribution in [0.1, 0.15) is 27.2 Å². The van der Waals surface area contributed by atoms with E-state index in [-0.39, 0.29) is 18.0 Å². The summed E-state index contributed by atoms with van der Waals surface area (Å²) in [5.41, 5.74) is 3.86. The minimum atomic E-state index is -0.627. The van der Waals surface area contributed by atoms with E-state index in [9.17, 15) is 20.2 Å². The summed E-state index contributed by atoms with van der Waals surface area (Å²) in [7, 11) is 0. The number of nitrogens with one attached hydrogen (secondary N) is 1. The summed E-state index contributed by atoms with van der Waals surface area (Å²) in [5.74, 6) is -0.229. The Morgan fingerprint density at radius 1 is 1.34 bits per heavy atom. The van der Waals surface area contributed by atoms with Crippen molar-refractivity contribution in [3.8, 4) is 11.8 Å². The van der Waals surface area contributed by atoms with Gasteiger partial charge < -0.3 is 4.74 Å². The van der Waals surface area contributed by atoms with Crippen molar-refractivity contribution in [1.29, 1.82) is 5.26 Å². The predicted octanol–water partition coefficient (Wildman–Crippen LogP) is 4.62. The second-order valence-electron chi connectivity index (χ2n) is 6.23. The van der Waals surface area contributed by atoms with Gasteiger partial charge in [-0.25, -0.2) is 10.4 Å². The Kier molecular flexibility index (Phi) is 7.49. The topological polar surface area (TPSA) is 131 Å². The zero-order valence-corrected chi connectivity index (χ0v) is 18.5. The molecule has 3 aromatic rings. The first-order valence-electron chi connectivity index (χ1n) is 8.92. The van der Waals surface area contributed by atoms with Gasteiger partial charge >= 0.3 is 0 Å².